The molecule has 0 radical (unpaired) electrons. The second-order valence-corrected chi connectivity index (χ2v) is 6.44. The molecule has 0 spiro atoms. The number of alkyl halides is 3. The zero-order chi connectivity index (χ0) is 18.4. The molecule has 3 aliphatic rings. The third-order valence-corrected chi connectivity index (χ3v) is 4.96. The fraction of sp³-hybridized carbons (Fsp3) is 0.571. The molecule has 0 aliphatic carbocycles. The molecule has 2 bridgehead atoms. The van der Waals surface area contributed by atoms with Crippen molar-refractivity contribution in [2.75, 3.05) is 25.0 Å². The molecule has 0 amide bonds. The Kier molecular flexibility index (Phi) is 4.27. The summed E-state index contributed by atoms with van der Waals surface area (Å²) in [5.74, 6) is 0.207. The van der Waals surface area contributed by atoms with Crippen LogP contribution in [-0.4, -0.2) is 35.5 Å². The van der Waals surface area contributed by atoms with Crippen LogP contribution >= 0.6 is 0 Å². The lowest BCUT2D eigenvalue weighted by molar-refractivity contribution is -0.916. The number of piperidine rings is 3. The summed E-state index contributed by atoms with van der Waals surface area (Å²) in [6.07, 6.45) is -3.14. The van der Waals surface area contributed by atoms with Crippen molar-refractivity contribution in [2.45, 2.75) is 25.1 Å². The molecule has 0 aromatic heterocycles. The number of nitrogens with zero attached hydrogens (tertiary/aromatic N) is 2. The molecule has 3 saturated heterocycles. The van der Waals surface area contributed by atoms with Gasteiger partial charge in [0, 0.05) is 25.0 Å². The van der Waals surface area contributed by atoms with E-state index in [1.165, 1.54) is 4.90 Å². The Balaban J connectivity index is 2.04. The van der Waals surface area contributed by atoms with E-state index >= 15 is 0 Å². The molecule has 0 saturated carbocycles. The van der Waals surface area contributed by atoms with E-state index in [4.69, 9.17) is 0 Å². The molecule has 1 aromatic rings. The van der Waals surface area contributed by atoms with Gasteiger partial charge < -0.3 is 10.2 Å². The molecule has 4 rings (SSSR count). The van der Waals surface area contributed by atoms with Crippen LogP contribution in [0, 0.1) is 26.1 Å². The van der Waals surface area contributed by atoms with Crippen molar-refractivity contribution in [2.24, 2.45) is 5.92 Å². The van der Waals surface area contributed by atoms with Crippen LogP contribution < -0.4 is 10.2 Å². The highest BCUT2D eigenvalue weighted by Gasteiger charge is 2.42. The maximum Gasteiger partial charge on any atom is 0.416 e. The van der Waals surface area contributed by atoms with Crippen molar-refractivity contribution in [3.63, 3.8) is 0 Å². The van der Waals surface area contributed by atoms with E-state index in [0.29, 0.717) is 18.7 Å². The van der Waals surface area contributed by atoms with Gasteiger partial charge in [-0.05, 0) is 5.92 Å². The summed E-state index contributed by atoms with van der Waals surface area (Å²) in [5.41, 5.74) is -3.70. The van der Waals surface area contributed by atoms with Crippen LogP contribution in [0.3, 0.4) is 0 Å². The van der Waals surface area contributed by atoms with Crippen LogP contribution in [0.2, 0.25) is 0 Å². The average Bonchev–Trinajstić information content (AvgIpc) is 2.54. The van der Waals surface area contributed by atoms with E-state index in [1.54, 1.807) is 0 Å². The van der Waals surface area contributed by atoms with Crippen LogP contribution in [-0.2, 0) is 6.18 Å². The van der Waals surface area contributed by atoms with E-state index in [0.717, 1.165) is 25.9 Å². The number of benzene rings is 1. The second kappa shape index (κ2) is 6.14. The first-order valence-electron chi connectivity index (χ1n) is 7.81. The molecular formula is C14H16F3N4O4+. The van der Waals surface area contributed by atoms with E-state index in [-0.39, 0.29) is 12.0 Å². The highest BCUT2D eigenvalue weighted by Crippen LogP contribution is 2.42. The van der Waals surface area contributed by atoms with Gasteiger partial charge in [0.15, 0.2) is 5.69 Å². The minimum atomic E-state index is -4.91. The monoisotopic (exact) mass is 361 g/mol. The Bertz CT molecular complexity index is 682. The van der Waals surface area contributed by atoms with E-state index in [1.807, 2.05) is 0 Å². The van der Waals surface area contributed by atoms with Gasteiger partial charge in [0.05, 0.1) is 41.1 Å². The largest absolute Gasteiger partial charge is 0.416 e. The SMILES string of the molecule is O=[N+]([O-])c1cc(C(F)(F)F)cc([N+](=O)[O-])c1N[C@H]1C[NH+]2CCC1CC2. The summed E-state index contributed by atoms with van der Waals surface area (Å²) in [6.45, 7) is 2.58. The molecule has 11 heteroatoms. The standard InChI is InChI=1S/C14H15F3N4O4/c15-14(16,17)9-5-11(20(22)23)13(12(6-9)21(24)25)18-10-7-19-3-1-8(10)2-4-19/h5-6,8,10,18H,1-4,7H2/p+1/t10-/m0/s1. The first-order chi connectivity index (χ1) is 11.7. The number of nitro groups is 2. The Morgan fingerprint density at radius 1 is 1.08 bits per heavy atom. The lowest BCUT2D eigenvalue weighted by Crippen LogP contribution is -3.16. The average molecular weight is 361 g/mol. The summed E-state index contributed by atoms with van der Waals surface area (Å²) in [4.78, 5) is 21.8. The summed E-state index contributed by atoms with van der Waals surface area (Å²) < 4.78 is 38.8. The topological polar surface area (TPSA) is 103 Å². The molecule has 136 valence electrons. The predicted molar refractivity (Wildman–Crippen MR) is 80.5 cm³/mol. The highest BCUT2D eigenvalue weighted by atomic mass is 19.4. The third kappa shape index (κ3) is 3.36. The van der Waals surface area contributed by atoms with Crippen LogP contribution in [0.25, 0.3) is 0 Å². The summed E-state index contributed by atoms with van der Waals surface area (Å²) in [6, 6.07) is 0.472. The normalized spacial score (nSPS) is 25.6. The lowest BCUT2D eigenvalue weighted by atomic mass is 9.84. The Labute approximate surface area is 139 Å². The van der Waals surface area contributed by atoms with Crippen LogP contribution in [0.1, 0.15) is 18.4 Å². The summed E-state index contributed by atoms with van der Waals surface area (Å²) in [5, 5.41) is 25.3. The number of rotatable bonds is 4. The zero-order valence-electron chi connectivity index (χ0n) is 13.0. The lowest BCUT2D eigenvalue weighted by Gasteiger charge is -2.42. The fourth-order valence-corrected chi connectivity index (χ4v) is 3.70. The number of quaternary nitrogens is 1. The Hall–Kier alpha value is -2.43. The highest BCUT2D eigenvalue weighted by molar-refractivity contribution is 5.75. The quantitative estimate of drug-likeness (QED) is 0.627. The van der Waals surface area contributed by atoms with Gasteiger partial charge in [0.2, 0.25) is 0 Å². The van der Waals surface area contributed by atoms with Crippen LogP contribution in [0.4, 0.5) is 30.2 Å². The van der Waals surface area contributed by atoms with Crippen molar-refractivity contribution >= 4 is 17.1 Å². The van der Waals surface area contributed by atoms with Crippen molar-refractivity contribution in [3.8, 4) is 0 Å². The molecule has 25 heavy (non-hydrogen) atoms. The number of hydrogen-bond acceptors (Lipinski definition) is 5. The van der Waals surface area contributed by atoms with Gasteiger partial charge in [-0.1, -0.05) is 0 Å². The predicted octanol–water partition coefficient (Wildman–Crippen LogP) is 1.61. The summed E-state index contributed by atoms with van der Waals surface area (Å²) in [7, 11) is 0. The van der Waals surface area contributed by atoms with Gasteiger partial charge >= 0.3 is 6.18 Å². The van der Waals surface area contributed by atoms with Crippen LogP contribution in [0.5, 0.6) is 0 Å². The number of fused-ring (bicyclic) bond motifs is 3. The number of hydrogen-bond donors (Lipinski definition) is 2. The molecule has 1 aromatic carbocycles. The molecule has 3 fully saturated rings. The molecule has 1 atom stereocenters. The zero-order valence-corrected chi connectivity index (χ0v) is 13.0. The smallest absolute Gasteiger partial charge is 0.365 e. The van der Waals surface area contributed by atoms with Gasteiger partial charge in [-0.25, -0.2) is 0 Å². The minimum Gasteiger partial charge on any atom is -0.365 e. The fourth-order valence-electron chi connectivity index (χ4n) is 3.70. The van der Waals surface area contributed by atoms with E-state index in [2.05, 4.69) is 5.32 Å². The minimum absolute atomic E-state index is 0.207. The first kappa shape index (κ1) is 17.4. The van der Waals surface area contributed by atoms with E-state index in [9.17, 15) is 33.4 Å². The van der Waals surface area contributed by atoms with Gasteiger partial charge in [-0.15, -0.1) is 0 Å². The first-order valence-corrected chi connectivity index (χ1v) is 7.81. The van der Waals surface area contributed by atoms with Gasteiger partial charge in [0.25, 0.3) is 11.4 Å². The number of halogens is 3. The third-order valence-electron chi connectivity index (χ3n) is 4.96. The van der Waals surface area contributed by atoms with Crippen molar-refractivity contribution in [1.82, 2.24) is 0 Å². The maximum absolute atomic E-state index is 12.9. The molecule has 8 nitrogen and oxygen atoms in total. The number of nitrogens with one attached hydrogen (secondary N) is 2. The number of nitro benzene ring substituents is 2. The van der Waals surface area contributed by atoms with Crippen LogP contribution in [0.15, 0.2) is 12.1 Å². The Morgan fingerprint density at radius 2 is 1.60 bits per heavy atom. The van der Waals surface area contributed by atoms with Crippen molar-refractivity contribution in [3.05, 3.63) is 37.9 Å². The number of anilines is 1. The molecule has 3 aliphatic heterocycles. The summed E-state index contributed by atoms with van der Waals surface area (Å²) >= 11 is 0. The van der Waals surface area contributed by atoms with Crippen molar-refractivity contribution in [1.29, 1.82) is 0 Å². The molecule has 3 heterocycles. The van der Waals surface area contributed by atoms with Gasteiger partial charge in [-0.2, -0.15) is 13.2 Å². The van der Waals surface area contributed by atoms with Gasteiger partial charge in [0.1, 0.15) is 0 Å². The molecular weight excluding hydrogens is 345 g/mol. The Morgan fingerprint density at radius 3 is 1.96 bits per heavy atom. The second-order valence-electron chi connectivity index (χ2n) is 6.44. The molecule has 0 unspecified atom stereocenters. The van der Waals surface area contributed by atoms with Gasteiger partial charge in [-0.3, -0.25) is 20.2 Å². The van der Waals surface area contributed by atoms with E-state index < -0.39 is 38.6 Å². The maximum atomic E-state index is 12.9. The van der Waals surface area contributed by atoms with Crippen molar-refractivity contribution < 1.29 is 27.9 Å². The molecule has 2 N–H and O–H groups in total.